The number of piperidine rings is 1. The van der Waals surface area contributed by atoms with Crippen LogP contribution in [0, 0.1) is 11.8 Å². The number of nitrogens with zero attached hydrogens (tertiary/aromatic N) is 2. The lowest BCUT2D eigenvalue weighted by atomic mass is 10.0. The normalized spacial score (nSPS) is 15.2. The van der Waals surface area contributed by atoms with E-state index < -0.39 is 18.8 Å². The number of ether oxygens (including phenoxy) is 1. The number of ketones is 1. The number of benzene rings is 2. The van der Waals surface area contributed by atoms with Crippen molar-refractivity contribution in [3.63, 3.8) is 0 Å². The summed E-state index contributed by atoms with van der Waals surface area (Å²) in [4.78, 5) is 14.1. The Labute approximate surface area is 243 Å². The van der Waals surface area contributed by atoms with Gasteiger partial charge in [-0.25, -0.2) is 0 Å². The third-order valence-electron chi connectivity index (χ3n) is 7.34. The fraction of sp³-hybridized carbons (Fsp3) is 0.452. The Morgan fingerprint density at radius 2 is 1.93 bits per heavy atom. The molecule has 1 aliphatic heterocycles. The number of hydrogen-bond acceptors (Lipinski definition) is 7. The molecule has 11 heteroatoms. The van der Waals surface area contributed by atoms with E-state index in [4.69, 9.17) is 9.84 Å². The molecule has 1 aliphatic rings. The van der Waals surface area contributed by atoms with Gasteiger partial charge in [-0.3, -0.25) is 4.79 Å². The lowest BCUT2D eigenvalue weighted by Crippen LogP contribution is -2.43. The van der Waals surface area contributed by atoms with Crippen molar-refractivity contribution < 1.29 is 32.9 Å². The highest BCUT2D eigenvalue weighted by Crippen LogP contribution is 2.31. The maximum absolute atomic E-state index is 13.6. The summed E-state index contributed by atoms with van der Waals surface area (Å²) in [6.45, 7) is 2.39. The molecule has 8 nitrogen and oxygen atoms in total. The van der Waals surface area contributed by atoms with Crippen molar-refractivity contribution in [3.8, 4) is 17.6 Å². The van der Waals surface area contributed by atoms with Crippen LogP contribution in [0.3, 0.4) is 0 Å². The van der Waals surface area contributed by atoms with Crippen molar-refractivity contribution in [3.05, 3.63) is 53.7 Å². The Bertz CT molecular complexity index is 1440. The van der Waals surface area contributed by atoms with Crippen LogP contribution >= 0.6 is 0 Å². The van der Waals surface area contributed by atoms with Gasteiger partial charge in [0.15, 0.2) is 5.78 Å². The smallest absolute Gasteiger partial charge is 0.406 e. The SMILES string of the molecule is CCC(=O)c1ccc(NCC#Cc2cc3c(NC4CCN(CC(O)CO)CC4)cccc3n2CC(F)(F)F)c(OC)c1. The van der Waals surface area contributed by atoms with Crippen molar-refractivity contribution >= 4 is 28.1 Å². The van der Waals surface area contributed by atoms with Crippen molar-refractivity contribution in [2.24, 2.45) is 0 Å². The molecule has 226 valence electrons. The van der Waals surface area contributed by atoms with E-state index in [0.717, 1.165) is 31.6 Å². The van der Waals surface area contributed by atoms with E-state index in [1.54, 1.807) is 43.3 Å². The first kappa shape index (κ1) is 31.2. The average Bonchev–Trinajstić information content (AvgIpc) is 3.32. The minimum absolute atomic E-state index is 0.00524. The van der Waals surface area contributed by atoms with Gasteiger partial charge in [0, 0.05) is 48.7 Å². The summed E-state index contributed by atoms with van der Waals surface area (Å²) < 4.78 is 47.3. The number of aromatic nitrogens is 1. The van der Waals surface area contributed by atoms with Crippen LogP contribution in [-0.2, 0) is 6.54 Å². The van der Waals surface area contributed by atoms with Gasteiger partial charge in [0.2, 0.25) is 0 Å². The van der Waals surface area contributed by atoms with Gasteiger partial charge in [-0.15, -0.1) is 0 Å². The summed E-state index contributed by atoms with van der Waals surface area (Å²) in [5.74, 6) is 6.31. The molecule has 4 rings (SSSR count). The number of aliphatic hydroxyl groups is 2. The Morgan fingerprint density at radius 3 is 2.60 bits per heavy atom. The molecule has 0 radical (unpaired) electrons. The summed E-state index contributed by atoms with van der Waals surface area (Å²) in [6.07, 6.45) is -3.23. The van der Waals surface area contributed by atoms with E-state index in [0.29, 0.717) is 40.9 Å². The molecule has 0 bridgehead atoms. The van der Waals surface area contributed by atoms with Crippen LogP contribution in [0.25, 0.3) is 10.9 Å². The number of fused-ring (bicyclic) bond motifs is 1. The highest BCUT2D eigenvalue weighted by atomic mass is 19.4. The number of carbonyl (C=O) groups is 1. The molecule has 2 heterocycles. The third-order valence-corrected chi connectivity index (χ3v) is 7.34. The van der Waals surface area contributed by atoms with Gasteiger partial charge < -0.3 is 35.1 Å². The summed E-state index contributed by atoms with van der Waals surface area (Å²) in [7, 11) is 1.50. The molecule has 0 aliphatic carbocycles. The Morgan fingerprint density at radius 1 is 1.17 bits per heavy atom. The fourth-order valence-electron chi connectivity index (χ4n) is 5.19. The monoisotopic (exact) mass is 586 g/mol. The molecule has 1 aromatic heterocycles. The van der Waals surface area contributed by atoms with Crippen molar-refractivity contribution in [1.82, 2.24) is 9.47 Å². The third kappa shape index (κ3) is 7.97. The number of hydrogen-bond donors (Lipinski definition) is 4. The first-order valence-electron chi connectivity index (χ1n) is 14.0. The Hall–Kier alpha value is -3.72. The first-order chi connectivity index (χ1) is 20.1. The molecule has 1 atom stereocenters. The van der Waals surface area contributed by atoms with Crippen LogP contribution < -0.4 is 15.4 Å². The average molecular weight is 587 g/mol. The van der Waals surface area contributed by atoms with Crippen molar-refractivity contribution in [2.45, 2.75) is 51.1 Å². The molecule has 1 fully saturated rings. The molecular formula is C31H37F3N4O4. The number of halogens is 3. The maximum atomic E-state index is 13.6. The van der Waals surface area contributed by atoms with E-state index in [1.165, 1.54) is 11.7 Å². The number of nitrogens with one attached hydrogen (secondary N) is 2. The summed E-state index contributed by atoms with van der Waals surface area (Å²) in [5, 5.41) is 26.1. The predicted octanol–water partition coefficient (Wildman–Crippen LogP) is 4.50. The molecule has 1 saturated heterocycles. The highest BCUT2D eigenvalue weighted by Gasteiger charge is 2.30. The number of likely N-dealkylation sites (tertiary alicyclic amines) is 1. The topological polar surface area (TPSA) is 99.0 Å². The number of aliphatic hydroxyl groups excluding tert-OH is 2. The largest absolute Gasteiger partial charge is 0.495 e. The lowest BCUT2D eigenvalue weighted by molar-refractivity contribution is -0.140. The van der Waals surface area contributed by atoms with E-state index in [9.17, 15) is 23.1 Å². The van der Waals surface area contributed by atoms with Crippen LogP contribution in [0.1, 0.15) is 42.2 Å². The molecule has 1 unspecified atom stereocenters. The molecule has 3 aromatic rings. The molecule has 4 N–H and O–H groups in total. The first-order valence-corrected chi connectivity index (χ1v) is 14.0. The van der Waals surface area contributed by atoms with Gasteiger partial charge in [0.05, 0.1) is 43.3 Å². The quantitative estimate of drug-likeness (QED) is 0.194. The number of Topliss-reactive ketones (excluding diaryl/α,β-unsaturated/α-hetero) is 1. The number of anilines is 2. The van der Waals surface area contributed by atoms with Crippen LogP contribution in [0.5, 0.6) is 5.75 Å². The van der Waals surface area contributed by atoms with Gasteiger partial charge in [0.1, 0.15) is 12.3 Å². The van der Waals surface area contributed by atoms with Gasteiger partial charge in [-0.2, -0.15) is 13.2 Å². The number of carbonyl (C=O) groups excluding carboxylic acids is 1. The summed E-state index contributed by atoms with van der Waals surface area (Å²) in [5.41, 5.74) is 2.60. The number of rotatable bonds is 11. The number of β-amino-alcohol motifs (C(OH)–C–C–N with tert-alkyl or cyclic N) is 1. The number of alkyl halides is 3. The Kier molecular flexibility index (Phi) is 10.4. The van der Waals surface area contributed by atoms with Gasteiger partial charge in [0.25, 0.3) is 0 Å². The van der Waals surface area contributed by atoms with Crippen LogP contribution in [0.15, 0.2) is 42.5 Å². The summed E-state index contributed by atoms with van der Waals surface area (Å²) >= 11 is 0. The van der Waals surface area contributed by atoms with Crippen molar-refractivity contribution in [2.75, 3.05) is 50.5 Å². The molecule has 0 spiro atoms. The maximum Gasteiger partial charge on any atom is 0.406 e. The fourth-order valence-corrected chi connectivity index (χ4v) is 5.19. The molecule has 2 aromatic carbocycles. The second-order valence-corrected chi connectivity index (χ2v) is 10.4. The zero-order chi connectivity index (χ0) is 30.3. The summed E-state index contributed by atoms with van der Waals surface area (Å²) in [6, 6.07) is 12.1. The minimum atomic E-state index is -4.43. The van der Waals surface area contributed by atoms with E-state index in [-0.39, 0.29) is 30.7 Å². The second-order valence-electron chi connectivity index (χ2n) is 10.4. The van der Waals surface area contributed by atoms with E-state index >= 15 is 0 Å². The lowest BCUT2D eigenvalue weighted by Gasteiger charge is -2.33. The van der Waals surface area contributed by atoms with E-state index in [2.05, 4.69) is 27.4 Å². The predicted molar refractivity (Wildman–Crippen MR) is 157 cm³/mol. The van der Waals surface area contributed by atoms with Crippen LogP contribution in [0.2, 0.25) is 0 Å². The molecule has 0 saturated carbocycles. The Balaban J connectivity index is 1.52. The zero-order valence-electron chi connectivity index (χ0n) is 23.8. The minimum Gasteiger partial charge on any atom is -0.495 e. The molecule has 42 heavy (non-hydrogen) atoms. The zero-order valence-corrected chi connectivity index (χ0v) is 23.8. The van der Waals surface area contributed by atoms with E-state index in [1.807, 2.05) is 6.07 Å². The highest BCUT2D eigenvalue weighted by molar-refractivity contribution is 5.97. The number of methoxy groups -OCH3 is 1. The standard InChI is InChI=1S/C31H37F3N4O4/c1-3-29(41)21-9-10-27(30(16-21)42-2)35-13-5-6-23-17-25-26(7-4-8-28(25)38(23)20-31(32,33)34)36-22-11-14-37(15-12-22)18-24(40)19-39/h4,7-10,16-17,22,24,35-36,39-40H,3,11-15,18-20H2,1-2H3. The van der Waals surface area contributed by atoms with Crippen LogP contribution in [-0.4, -0.2) is 83.7 Å². The molecule has 0 amide bonds. The van der Waals surface area contributed by atoms with Crippen LogP contribution in [0.4, 0.5) is 24.5 Å². The van der Waals surface area contributed by atoms with Crippen molar-refractivity contribution in [1.29, 1.82) is 0 Å². The molecular weight excluding hydrogens is 549 g/mol. The second kappa shape index (κ2) is 14.0. The van der Waals surface area contributed by atoms with Gasteiger partial charge >= 0.3 is 6.18 Å². The van der Waals surface area contributed by atoms with Gasteiger partial charge in [-0.1, -0.05) is 18.9 Å². The van der Waals surface area contributed by atoms with Gasteiger partial charge in [-0.05, 0) is 55.2 Å².